The molecule has 0 heterocycles. The summed E-state index contributed by atoms with van der Waals surface area (Å²) in [6, 6.07) is 18.7. The Morgan fingerprint density at radius 2 is 1.67 bits per heavy atom. The van der Waals surface area contributed by atoms with Crippen LogP contribution in [0.15, 0.2) is 82.8 Å². The fraction of sp³-hybridized carbons (Fsp3) is 0.130. The minimum Gasteiger partial charge on any atom is -0.507 e. The van der Waals surface area contributed by atoms with Gasteiger partial charge < -0.3 is 14.6 Å². The Bertz CT molecular complexity index is 1250. The van der Waals surface area contributed by atoms with E-state index in [4.69, 9.17) is 9.47 Å². The number of nitrogens with one attached hydrogen (secondary N) is 1. The SMILES string of the molecule is COc1ccc(N(CC(=O)N/N=C\c2ccccc2O)S(=O)(=O)c2ccccc2)cc1OC. The number of phenols is 1. The van der Waals surface area contributed by atoms with Gasteiger partial charge in [0.25, 0.3) is 15.9 Å². The molecule has 9 nitrogen and oxygen atoms in total. The molecule has 0 saturated heterocycles. The van der Waals surface area contributed by atoms with Crippen LogP contribution in [0.1, 0.15) is 5.56 Å². The summed E-state index contributed by atoms with van der Waals surface area (Å²) >= 11 is 0. The van der Waals surface area contributed by atoms with Crippen LogP contribution in [0.4, 0.5) is 5.69 Å². The van der Waals surface area contributed by atoms with Gasteiger partial charge in [0.05, 0.1) is 31.0 Å². The van der Waals surface area contributed by atoms with Gasteiger partial charge in [-0.05, 0) is 36.4 Å². The van der Waals surface area contributed by atoms with E-state index < -0.39 is 22.5 Å². The zero-order valence-electron chi connectivity index (χ0n) is 18.0. The Morgan fingerprint density at radius 3 is 2.33 bits per heavy atom. The first-order valence-electron chi connectivity index (χ1n) is 9.76. The summed E-state index contributed by atoms with van der Waals surface area (Å²) in [7, 11) is -1.20. The number of methoxy groups -OCH3 is 2. The Labute approximate surface area is 191 Å². The third-order valence-corrected chi connectivity index (χ3v) is 6.39. The number of nitrogens with zero attached hydrogens (tertiary/aromatic N) is 2. The molecule has 10 heteroatoms. The lowest BCUT2D eigenvalue weighted by Gasteiger charge is -2.24. The fourth-order valence-corrected chi connectivity index (χ4v) is 4.38. The van der Waals surface area contributed by atoms with Crippen LogP contribution in [0.2, 0.25) is 0 Å². The Kier molecular flexibility index (Phi) is 7.52. The number of hydrogen-bond acceptors (Lipinski definition) is 7. The van der Waals surface area contributed by atoms with Crippen molar-refractivity contribution in [3.63, 3.8) is 0 Å². The van der Waals surface area contributed by atoms with Crippen molar-refractivity contribution < 1.29 is 27.8 Å². The summed E-state index contributed by atoms with van der Waals surface area (Å²) in [5.74, 6) is 0.0290. The molecule has 0 aromatic heterocycles. The quantitative estimate of drug-likeness (QED) is 0.368. The largest absolute Gasteiger partial charge is 0.507 e. The normalized spacial score (nSPS) is 11.2. The van der Waals surface area contributed by atoms with E-state index in [1.54, 1.807) is 42.5 Å². The van der Waals surface area contributed by atoms with Gasteiger partial charge in [-0.2, -0.15) is 5.10 Å². The zero-order valence-corrected chi connectivity index (χ0v) is 18.8. The van der Waals surface area contributed by atoms with Crippen molar-refractivity contribution in [2.75, 3.05) is 25.1 Å². The van der Waals surface area contributed by atoms with Crippen LogP contribution in [0.5, 0.6) is 17.2 Å². The number of amides is 1. The monoisotopic (exact) mass is 469 g/mol. The van der Waals surface area contributed by atoms with Crippen molar-refractivity contribution in [2.24, 2.45) is 5.10 Å². The molecular weight excluding hydrogens is 446 g/mol. The van der Waals surface area contributed by atoms with Crippen LogP contribution >= 0.6 is 0 Å². The molecule has 2 N–H and O–H groups in total. The summed E-state index contributed by atoms with van der Waals surface area (Å²) in [5, 5.41) is 13.6. The maximum atomic E-state index is 13.4. The molecule has 1 amide bonds. The zero-order chi connectivity index (χ0) is 23.8. The number of carbonyl (C=O) groups excluding carboxylic acids is 1. The third-order valence-electron chi connectivity index (χ3n) is 4.60. The van der Waals surface area contributed by atoms with Crippen molar-refractivity contribution in [1.29, 1.82) is 0 Å². The van der Waals surface area contributed by atoms with Gasteiger partial charge in [-0.3, -0.25) is 9.10 Å². The highest BCUT2D eigenvalue weighted by Crippen LogP contribution is 2.33. The predicted molar refractivity (Wildman–Crippen MR) is 124 cm³/mol. The molecule has 0 aliphatic carbocycles. The summed E-state index contributed by atoms with van der Waals surface area (Å²) in [4.78, 5) is 12.6. The van der Waals surface area contributed by atoms with Crippen LogP contribution < -0.4 is 19.2 Å². The molecule has 0 aliphatic heterocycles. The van der Waals surface area contributed by atoms with Crippen molar-refractivity contribution in [1.82, 2.24) is 5.43 Å². The molecule has 3 rings (SSSR count). The van der Waals surface area contributed by atoms with Gasteiger partial charge in [-0.25, -0.2) is 13.8 Å². The van der Waals surface area contributed by atoms with Gasteiger partial charge in [-0.15, -0.1) is 0 Å². The molecule has 172 valence electrons. The minimum absolute atomic E-state index is 0.00545. The van der Waals surface area contributed by atoms with Gasteiger partial charge in [0, 0.05) is 11.6 Å². The minimum atomic E-state index is -4.09. The first-order valence-corrected chi connectivity index (χ1v) is 11.2. The van der Waals surface area contributed by atoms with E-state index >= 15 is 0 Å². The highest BCUT2D eigenvalue weighted by atomic mass is 32.2. The van der Waals surface area contributed by atoms with E-state index in [0.29, 0.717) is 17.1 Å². The maximum Gasteiger partial charge on any atom is 0.264 e. The molecule has 0 atom stereocenters. The predicted octanol–water partition coefficient (Wildman–Crippen LogP) is 2.76. The number of benzene rings is 3. The van der Waals surface area contributed by atoms with Gasteiger partial charge in [0.2, 0.25) is 0 Å². The molecule has 0 saturated carbocycles. The molecule has 0 aliphatic rings. The molecular formula is C23H23N3O6S. The average Bonchev–Trinajstić information content (AvgIpc) is 2.83. The highest BCUT2D eigenvalue weighted by Gasteiger charge is 2.28. The van der Waals surface area contributed by atoms with E-state index in [1.807, 2.05) is 0 Å². The van der Waals surface area contributed by atoms with Gasteiger partial charge in [-0.1, -0.05) is 30.3 Å². The molecule has 0 radical (unpaired) electrons. The first-order chi connectivity index (χ1) is 15.9. The lowest BCUT2D eigenvalue weighted by atomic mass is 10.2. The number of hydrazone groups is 1. The second-order valence-corrected chi connectivity index (χ2v) is 8.58. The Morgan fingerprint density at radius 1 is 1.00 bits per heavy atom. The number of rotatable bonds is 9. The van der Waals surface area contributed by atoms with Crippen LogP contribution in [0, 0.1) is 0 Å². The van der Waals surface area contributed by atoms with E-state index in [0.717, 1.165) is 4.31 Å². The molecule has 33 heavy (non-hydrogen) atoms. The highest BCUT2D eigenvalue weighted by molar-refractivity contribution is 7.92. The van der Waals surface area contributed by atoms with Crippen LogP contribution in [-0.2, 0) is 14.8 Å². The fourth-order valence-electron chi connectivity index (χ4n) is 2.95. The van der Waals surface area contributed by atoms with Gasteiger partial charge in [0.15, 0.2) is 11.5 Å². The second kappa shape index (κ2) is 10.5. The number of hydrogen-bond donors (Lipinski definition) is 2. The summed E-state index contributed by atoms with van der Waals surface area (Å²) < 4.78 is 38.2. The average molecular weight is 470 g/mol. The van der Waals surface area contributed by atoms with Crippen molar-refractivity contribution in [3.8, 4) is 17.2 Å². The number of phenolic OH excluding ortho intramolecular Hbond substituents is 1. The number of anilines is 1. The summed E-state index contributed by atoms with van der Waals surface area (Å²) in [6.45, 7) is -0.551. The second-order valence-electron chi connectivity index (χ2n) is 6.72. The maximum absolute atomic E-state index is 13.4. The van der Waals surface area contributed by atoms with Crippen molar-refractivity contribution >= 4 is 27.8 Å². The van der Waals surface area contributed by atoms with Gasteiger partial charge in [0.1, 0.15) is 12.3 Å². The van der Waals surface area contributed by atoms with Gasteiger partial charge >= 0.3 is 0 Å². The van der Waals surface area contributed by atoms with E-state index in [1.165, 1.54) is 50.8 Å². The molecule has 3 aromatic rings. The molecule has 0 spiro atoms. The topological polar surface area (TPSA) is 118 Å². The molecule has 0 bridgehead atoms. The lowest BCUT2D eigenvalue weighted by Crippen LogP contribution is -2.39. The first kappa shape index (κ1) is 23.6. The number of para-hydroxylation sites is 1. The Hall–Kier alpha value is -4.05. The molecule has 0 fully saturated rings. The Balaban J connectivity index is 1.91. The van der Waals surface area contributed by atoms with E-state index in [2.05, 4.69) is 10.5 Å². The summed E-state index contributed by atoms with van der Waals surface area (Å²) in [5.41, 5.74) is 2.89. The van der Waals surface area contributed by atoms with Crippen molar-refractivity contribution in [2.45, 2.75) is 4.90 Å². The third kappa shape index (κ3) is 5.60. The standard InChI is InChI=1S/C23H23N3O6S/c1-31-21-13-12-18(14-22(21)32-2)26(33(29,30)19-9-4-3-5-10-19)16-23(28)25-24-15-17-8-6-7-11-20(17)27/h3-15,27H,16H2,1-2H3,(H,25,28)/b24-15-. The molecule has 0 unspecified atom stereocenters. The number of carbonyl (C=O) groups is 1. The lowest BCUT2D eigenvalue weighted by molar-refractivity contribution is -0.119. The van der Waals surface area contributed by atoms with Crippen LogP contribution in [0.25, 0.3) is 0 Å². The molecule has 3 aromatic carbocycles. The van der Waals surface area contributed by atoms with E-state index in [-0.39, 0.29) is 16.3 Å². The number of ether oxygens (including phenoxy) is 2. The smallest absolute Gasteiger partial charge is 0.264 e. The number of aromatic hydroxyl groups is 1. The van der Waals surface area contributed by atoms with Crippen LogP contribution in [-0.4, -0.2) is 46.4 Å². The van der Waals surface area contributed by atoms with E-state index in [9.17, 15) is 18.3 Å². The summed E-state index contributed by atoms with van der Waals surface area (Å²) in [6.07, 6.45) is 1.26. The number of sulfonamides is 1. The van der Waals surface area contributed by atoms with Crippen molar-refractivity contribution in [3.05, 3.63) is 78.4 Å². The van der Waals surface area contributed by atoms with Crippen LogP contribution in [0.3, 0.4) is 0 Å².